The van der Waals surface area contributed by atoms with Gasteiger partial charge in [-0.1, -0.05) is 15.9 Å². The van der Waals surface area contributed by atoms with Gasteiger partial charge in [-0.05, 0) is 43.9 Å². The van der Waals surface area contributed by atoms with E-state index in [2.05, 4.69) is 40.0 Å². The highest BCUT2D eigenvalue weighted by Gasteiger charge is 2.37. The molecule has 0 aliphatic heterocycles. The third-order valence-electron chi connectivity index (χ3n) is 3.98. The number of ether oxygens (including phenoxy) is 1. The Bertz CT molecular complexity index is 581. The molecule has 0 amide bonds. The fourth-order valence-corrected chi connectivity index (χ4v) is 3.28. The van der Waals surface area contributed by atoms with Crippen molar-refractivity contribution in [1.29, 1.82) is 0 Å². The number of nitrogens with one attached hydrogen (secondary N) is 1. The van der Waals surface area contributed by atoms with E-state index in [4.69, 9.17) is 9.72 Å². The minimum absolute atomic E-state index is 0.0268. The highest BCUT2D eigenvalue weighted by molar-refractivity contribution is 9.10. The first-order valence-corrected chi connectivity index (χ1v) is 7.11. The molecule has 96 valence electrons. The van der Waals surface area contributed by atoms with Gasteiger partial charge in [-0.2, -0.15) is 0 Å². The highest BCUT2D eigenvalue weighted by atomic mass is 79.9. The molecular formula is C14H17BrN2O. The molecular weight excluding hydrogens is 292 g/mol. The summed E-state index contributed by atoms with van der Waals surface area (Å²) in [6.07, 6.45) is 4.43. The van der Waals surface area contributed by atoms with Gasteiger partial charge in [0.15, 0.2) is 0 Å². The summed E-state index contributed by atoms with van der Waals surface area (Å²) < 4.78 is 6.75. The van der Waals surface area contributed by atoms with Crippen molar-refractivity contribution in [2.75, 3.05) is 7.11 Å². The first kappa shape index (κ1) is 12.2. The fourth-order valence-electron chi connectivity index (χ4n) is 2.71. The Labute approximate surface area is 115 Å². The number of methoxy groups -OCH3 is 1. The molecule has 4 heteroatoms. The Morgan fingerprint density at radius 2 is 2.22 bits per heavy atom. The summed E-state index contributed by atoms with van der Waals surface area (Å²) >= 11 is 3.52. The molecule has 0 bridgehead atoms. The van der Waals surface area contributed by atoms with Crippen LogP contribution in [-0.2, 0) is 11.2 Å². The predicted octanol–water partition coefficient (Wildman–Crippen LogP) is 3.75. The number of hydrogen-bond acceptors (Lipinski definition) is 2. The SMILES string of the molecule is COC1(Cc2nc3c(C)cc(Br)cc3[nH]2)CCC1. The Balaban J connectivity index is 1.96. The second kappa shape index (κ2) is 4.35. The van der Waals surface area contributed by atoms with Crippen LogP contribution in [0.15, 0.2) is 16.6 Å². The van der Waals surface area contributed by atoms with Gasteiger partial charge in [0, 0.05) is 18.0 Å². The minimum atomic E-state index is 0.0268. The number of aromatic amines is 1. The summed E-state index contributed by atoms with van der Waals surface area (Å²) in [6, 6.07) is 4.18. The highest BCUT2D eigenvalue weighted by Crippen LogP contribution is 2.37. The van der Waals surface area contributed by atoms with Gasteiger partial charge in [0.2, 0.25) is 0 Å². The zero-order valence-corrected chi connectivity index (χ0v) is 12.3. The number of benzene rings is 1. The summed E-state index contributed by atoms with van der Waals surface area (Å²) in [4.78, 5) is 8.13. The van der Waals surface area contributed by atoms with Gasteiger partial charge in [-0.15, -0.1) is 0 Å². The molecule has 0 spiro atoms. The Morgan fingerprint density at radius 1 is 1.44 bits per heavy atom. The summed E-state index contributed by atoms with van der Waals surface area (Å²) in [5.41, 5.74) is 3.39. The lowest BCUT2D eigenvalue weighted by atomic mass is 9.77. The second-order valence-electron chi connectivity index (χ2n) is 5.22. The van der Waals surface area contributed by atoms with Crippen LogP contribution in [0.3, 0.4) is 0 Å². The Kier molecular flexibility index (Phi) is 2.94. The normalized spacial score (nSPS) is 17.9. The monoisotopic (exact) mass is 308 g/mol. The van der Waals surface area contributed by atoms with Crippen LogP contribution >= 0.6 is 15.9 Å². The molecule has 18 heavy (non-hydrogen) atoms. The molecule has 0 radical (unpaired) electrons. The van der Waals surface area contributed by atoms with Crippen molar-refractivity contribution in [3.05, 3.63) is 28.0 Å². The Hall–Kier alpha value is -0.870. The summed E-state index contributed by atoms with van der Waals surface area (Å²) in [5, 5.41) is 0. The molecule has 1 heterocycles. The van der Waals surface area contributed by atoms with Gasteiger partial charge in [0.1, 0.15) is 5.82 Å². The molecule has 1 aromatic carbocycles. The van der Waals surface area contributed by atoms with E-state index in [0.717, 1.165) is 40.6 Å². The molecule has 1 aliphatic rings. The number of halogens is 1. The molecule has 1 aromatic heterocycles. The maximum Gasteiger partial charge on any atom is 0.110 e. The van der Waals surface area contributed by atoms with Crippen LogP contribution in [-0.4, -0.2) is 22.7 Å². The number of fused-ring (bicyclic) bond motifs is 1. The van der Waals surface area contributed by atoms with Gasteiger partial charge < -0.3 is 9.72 Å². The molecule has 0 atom stereocenters. The lowest BCUT2D eigenvalue weighted by Crippen LogP contribution is -2.41. The first-order chi connectivity index (χ1) is 8.62. The quantitative estimate of drug-likeness (QED) is 0.938. The summed E-state index contributed by atoms with van der Waals surface area (Å²) in [5.74, 6) is 1.03. The van der Waals surface area contributed by atoms with Crippen LogP contribution in [0.5, 0.6) is 0 Å². The number of hydrogen-bond donors (Lipinski definition) is 1. The number of aryl methyl sites for hydroxylation is 1. The van der Waals surface area contributed by atoms with Crippen LogP contribution in [0.1, 0.15) is 30.7 Å². The Morgan fingerprint density at radius 3 is 2.83 bits per heavy atom. The van der Waals surface area contributed by atoms with Crippen LogP contribution in [0.25, 0.3) is 11.0 Å². The third kappa shape index (κ3) is 1.97. The van der Waals surface area contributed by atoms with E-state index in [9.17, 15) is 0 Å². The maximum atomic E-state index is 5.66. The van der Waals surface area contributed by atoms with E-state index in [1.807, 2.05) is 7.11 Å². The summed E-state index contributed by atoms with van der Waals surface area (Å²) in [7, 11) is 1.81. The van der Waals surface area contributed by atoms with E-state index in [1.165, 1.54) is 12.0 Å². The fraction of sp³-hybridized carbons (Fsp3) is 0.500. The van der Waals surface area contributed by atoms with Crippen molar-refractivity contribution < 1.29 is 4.74 Å². The van der Waals surface area contributed by atoms with Crippen molar-refractivity contribution in [2.45, 2.75) is 38.2 Å². The van der Waals surface area contributed by atoms with Gasteiger partial charge in [0.05, 0.1) is 16.6 Å². The van der Waals surface area contributed by atoms with Crippen molar-refractivity contribution in [3.8, 4) is 0 Å². The molecule has 1 saturated carbocycles. The van der Waals surface area contributed by atoms with Gasteiger partial charge in [-0.3, -0.25) is 0 Å². The lowest BCUT2D eigenvalue weighted by molar-refractivity contribution is -0.0719. The predicted molar refractivity (Wildman–Crippen MR) is 75.8 cm³/mol. The average molecular weight is 309 g/mol. The van der Waals surface area contributed by atoms with E-state index < -0.39 is 0 Å². The molecule has 1 fully saturated rings. The van der Waals surface area contributed by atoms with Crippen LogP contribution in [0.4, 0.5) is 0 Å². The zero-order valence-electron chi connectivity index (χ0n) is 10.7. The number of aromatic nitrogens is 2. The second-order valence-corrected chi connectivity index (χ2v) is 6.14. The standard InChI is InChI=1S/C14H17BrN2O/c1-9-6-10(15)7-11-13(9)17-12(16-11)8-14(18-2)4-3-5-14/h6-7H,3-5,8H2,1-2H3,(H,16,17). The largest absolute Gasteiger partial charge is 0.378 e. The molecule has 1 aliphatic carbocycles. The minimum Gasteiger partial charge on any atom is -0.378 e. The van der Waals surface area contributed by atoms with E-state index in [1.54, 1.807) is 0 Å². The number of imidazole rings is 1. The van der Waals surface area contributed by atoms with Gasteiger partial charge in [-0.25, -0.2) is 4.98 Å². The van der Waals surface area contributed by atoms with Gasteiger partial charge >= 0.3 is 0 Å². The van der Waals surface area contributed by atoms with E-state index in [0.29, 0.717) is 0 Å². The van der Waals surface area contributed by atoms with Crippen LogP contribution in [0, 0.1) is 6.92 Å². The smallest absolute Gasteiger partial charge is 0.110 e. The van der Waals surface area contributed by atoms with Crippen LogP contribution in [0.2, 0.25) is 0 Å². The van der Waals surface area contributed by atoms with Crippen LogP contribution < -0.4 is 0 Å². The molecule has 1 N–H and O–H groups in total. The lowest BCUT2D eigenvalue weighted by Gasteiger charge is -2.39. The van der Waals surface area contributed by atoms with E-state index in [-0.39, 0.29) is 5.60 Å². The first-order valence-electron chi connectivity index (χ1n) is 6.32. The molecule has 2 aromatic rings. The van der Waals surface area contributed by atoms with Crippen molar-refractivity contribution in [3.63, 3.8) is 0 Å². The van der Waals surface area contributed by atoms with Crippen molar-refractivity contribution >= 4 is 27.0 Å². The maximum absolute atomic E-state index is 5.66. The van der Waals surface area contributed by atoms with Gasteiger partial charge in [0.25, 0.3) is 0 Å². The molecule has 3 nitrogen and oxygen atoms in total. The molecule has 0 saturated heterocycles. The number of rotatable bonds is 3. The topological polar surface area (TPSA) is 37.9 Å². The number of nitrogens with zero attached hydrogens (tertiary/aromatic N) is 1. The molecule has 0 unspecified atom stereocenters. The number of H-pyrrole nitrogens is 1. The van der Waals surface area contributed by atoms with Crippen molar-refractivity contribution in [1.82, 2.24) is 9.97 Å². The van der Waals surface area contributed by atoms with E-state index >= 15 is 0 Å². The molecule has 3 rings (SSSR count). The third-order valence-corrected chi connectivity index (χ3v) is 4.44. The zero-order chi connectivity index (χ0) is 12.8. The average Bonchev–Trinajstić information content (AvgIpc) is 2.66. The summed E-state index contributed by atoms with van der Waals surface area (Å²) in [6.45, 7) is 2.09. The van der Waals surface area contributed by atoms with Crippen molar-refractivity contribution in [2.24, 2.45) is 0 Å².